The molecule has 2 aliphatic rings. The summed E-state index contributed by atoms with van der Waals surface area (Å²) < 4.78 is 1.47. The molecule has 144 valence electrons. The summed E-state index contributed by atoms with van der Waals surface area (Å²) in [6, 6.07) is 9.56. The van der Waals surface area contributed by atoms with Gasteiger partial charge in [-0.15, -0.1) is 0 Å². The van der Waals surface area contributed by atoms with Crippen LogP contribution in [-0.4, -0.2) is 47.2 Å². The molecule has 1 aromatic carbocycles. The van der Waals surface area contributed by atoms with Crippen LogP contribution in [0.5, 0.6) is 0 Å². The maximum Gasteiger partial charge on any atom is 0.332 e. The van der Waals surface area contributed by atoms with Crippen LogP contribution in [0.25, 0.3) is 5.69 Å². The predicted molar refractivity (Wildman–Crippen MR) is 107 cm³/mol. The molecule has 2 fully saturated rings. The van der Waals surface area contributed by atoms with Crippen molar-refractivity contribution < 1.29 is 0 Å². The normalized spacial score (nSPS) is 20.0. The molecule has 0 radical (unpaired) electrons. The van der Waals surface area contributed by atoms with Gasteiger partial charge < -0.3 is 10.2 Å². The van der Waals surface area contributed by atoms with Crippen LogP contribution in [0.15, 0.2) is 46.1 Å². The summed E-state index contributed by atoms with van der Waals surface area (Å²) in [6.45, 7) is 5.95. The van der Waals surface area contributed by atoms with Crippen molar-refractivity contribution in [1.82, 2.24) is 19.8 Å². The maximum absolute atomic E-state index is 11.9. The highest BCUT2D eigenvalue weighted by Crippen LogP contribution is 2.29. The van der Waals surface area contributed by atoms with Gasteiger partial charge in [-0.25, -0.2) is 4.79 Å². The third-order valence-electron chi connectivity index (χ3n) is 6.03. The van der Waals surface area contributed by atoms with E-state index in [-0.39, 0.29) is 5.56 Å². The van der Waals surface area contributed by atoms with E-state index < -0.39 is 5.69 Å². The van der Waals surface area contributed by atoms with Gasteiger partial charge in [0.15, 0.2) is 0 Å². The monoisotopic (exact) mass is 368 g/mol. The molecule has 4 rings (SSSR count). The van der Waals surface area contributed by atoms with Crippen LogP contribution in [0.2, 0.25) is 0 Å². The number of piperidine rings is 2. The second kappa shape index (κ2) is 8.23. The van der Waals surface area contributed by atoms with E-state index in [0.717, 1.165) is 11.6 Å². The lowest BCUT2D eigenvalue weighted by molar-refractivity contribution is 0.167. The van der Waals surface area contributed by atoms with Crippen molar-refractivity contribution in [1.29, 1.82) is 0 Å². The van der Waals surface area contributed by atoms with Crippen molar-refractivity contribution in [2.45, 2.75) is 31.6 Å². The van der Waals surface area contributed by atoms with E-state index in [2.05, 4.69) is 27.3 Å². The van der Waals surface area contributed by atoms with E-state index in [0.29, 0.717) is 5.92 Å². The number of aromatic nitrogens is 2. The van der Waals surface area contributed by atoms with Gasteiger partial charge in [0.05, 0.1) is 5.69 Å². The van der Waals surface area contributed by atoms with E-state index in [4.69, 9.17) is 0 Å². The number of rotatable bonds is 4. The molecule has 2 N–H and O–H groups in total. The maximum atomic E-state index is 11.9. The first-order valence-electron chi connectivity index (χ1n) is 10.0. The number of benzene rings is 1. The fourth-order valence-electron chi connectivity index (χ4n) is 4.41. The fraction of sp³-hybridized carbons (Fsp3) is 0.524. The number of H-pyrrole nitrogens is 1. The predicted octanol–water partition coefficient (Wildman–Crippen LogP) is 1.70. The van der Waals surface area contributed by atoms with Gasteiger partial charge in [-0.3, -0.25) is 14.3 Å². The SMILES string of the molecule is O=c1ccn(-c2ccc(C3CCN(CC4CCNCC4)CC3)cc2)c(=O)[nH]1. The summed E-state index contributed by atoms with van der Waals surface area (Å²) in [4.78, 5) is 28.1. The van der Waals surface area contributed by atoms with Gasteiger partial charge in [-0.05, 0) is 81.4 Å². The first-order chi connectivity index (χ1) is 13.2. The number of hydrogen-bond donors (Lipinski definition) is 2. The molecule has 0 bridgehead atoms. The number of hydrogen-bond acceptors (Lipinski definition) is 4. The van der Waals surface area contributed by atoms with Gasteiger partial charge in [-0.1, -0.05) is 12.1 Å². The Morgan fingerprint density at radius 2 is 1.63 bits per heavy atom. The van der Waals surface area contributed by atoms with Crippen LogP contribution >= 0.6 is 0 Å². The lowest BCUT2D eigenvalue weighted by atomic mass is 9.88. The van der Waals surface area contributed by atoms with Gasteiger partial charge in [0.2, 0.25) is 0 Å². The largest absolute Gasteiger partial charge is 0.332 e. The number of aromatic amines is 1. The lowest BCUT2D eigenvalue weighted by Gasteiger charge is -2.35. The molecular formula is C21H28N4O2. The molecular weight excluding hydrogens is 340 g/mol. The highest BCUT2D eigenvalue weighted by molar-refractivity contribution is 5.36. The zero-order chi connectivity index (χ0) is 18.6. The molecule has 0 amide bonds. The summed E-state index contributed by atoms with van der Waals surface area (Å²) in [5.41, 5.74) is 1.35. The Labute approximate surface area is 159 Å². The quantitative estimate of drug-likeness (QED) is 0.862. The summed E-state index contributed by atoms with van der Waals surface area (Å²) in [6.07, 6.45) is 6.54. The average molecular weight is 368 g/mol. The number of nitrogens with zero attached hydrogens (tertiary/aromatic N) is 2. The third-order valence-corrected chi connectivity index (χ3v) is 6.03. The number of nitrogens with one attached hydrogen (secondary N) is 2. The van der Waals surface area contributed by atoms with Crippen LogP contribution in [0.1, 0.15) is 37.2 Å². The second-order valence-corrected chi connectivity index (χ2v) is 7.84. The Bertz CT molecular complexity index is 857. The molecule has 6 heteroatoms. The van der Waals surface area contributed by atoms with Gasteiger partial charge in [0, 0.05) is 18.8 Å². The summed E-state index contributed by atoms with van der Waals surface area (Å²) in [5, 5.41) is 3.45. The Hall–Kier alpha value is -2.18. The van der Waals surface area contributed by atoms with Crippen LogP contribution in [-0.2, 0) is 0 Å². The Balaban J connectivity index is 1.36. The fourth-order valence-corrected chi connectivity index (χ4v) is 4.41. The molecule has 2 aromatic rings. The lowest BCUT2D eigenvalue weighted by Crippen LogP contribution is -2.39. The van der Waals surface area contributed by atoms with Crippen LogP contribution in [0.4, 0.5) is 0 Å². The van der Waals surface area contributed by atoms with E-state index in [1.54, 1.807) is 0 Å². The first-order valence-corrected chi connectivity index (χ1v) is 10.0. The number of likely N-dealkylation sites (tertiary alicyclic amines) is 1. The summed E-state index contributed by atoms with van der Waals surface area (Å²) >= 11 is 0. The Morgan fingerprint density at radius 3 is 2.30 bits per heavy atom. The van der Waals surface area contributed by atoms with Crippen molar-refractivity contribution in [3.63, 3.8) is 0 Å². The van der Waals surface area contributed by atoms with Crippen LogP contribution < -0.4 is 16.6 Å². The molecule has 6 nitrogen and oxygen atoms in total. The molecule has 0 atom stereocenters. The smallest absolute Gasteiger partial charge is 0.317 e. The van der Waals surface area contributed by atoms with E-state index >= 15 is 0 Å². The van der Waals surface area contributed by atoms with Crippen molar-refractivity contribution >= 4 is 0 Å². The zero-order valence-electron chi connectivity index (χ0n) is 15.7. The summed E-state index contributed by atoms with van der Waals surface area (Å²) in [5.74, 6) is 1.45. The Kier molecular flexibility index (Phi) is 5.55. The van der Waals surface area contributed by atoms with Crippen molar-refractivity contribution in [2.75, 3.05) is 32.7 Å². The average Bonchev–Trinajstić information content (AvgIpc) is 2.70. The molecule has 1 aromatic heterocycles. The second-order valence-electron chi connectivity index (χ2n) is 7.84. The third kappa shape index (κ3) is 4.39. The molecule has 2 saturated heterocycles. The molecule has 0 unspecified atom stereocenters. The molecule has 3 heterocycles. The molecule has 2 aliphatic heterocycles. The minimum Gasteiger partial charge on any atom is -0.317 e. The van der Waals surface area contributed by atoms with Crippen LogP contribution in [0.3, 0.4) is 0 Å². The molecule has 0 aliphatic carbocycles. The van der Waals surface area contributed by atoms with E-state index in [1.165, 1.54) is 80.8 Å². The van der Waals surface area contributed by atoms with Gasteiger partial charge in [0.25, 0.3) is 5.56 Å². The zero-order valence-corrected chi connectivity index (χ0v) is 15.7. The minimum absolute atomic E-state index is 0.371. The van der Waals surface area contributed by atoms with Crippen LogP contribution in [0, 0.1) is 5.92 Å². The summed E-state index contributed by atoms with van der Waals surface area (Å²) in [7, 11) is 0. The van der Waals surface area contributed by atoms with Gasteiger partial charge in [-0.2, -0.15) is 0 Å². The van der Waals surface area contributed by atoms with E-state index in [9.17, 15) is 9.59 Å². The highest BCUT2D eigenvalue weighted by Gasteiger charge is 2.23. The first kappa shape index (κ1) is 18.2. The standard InChI is InChI=1S/C21H28N4O2/c26-20-9-14-25(21(27)23-20)19-3-1-17(2-4-19)18-7-12-24(13-8-18)15-16-5-10-22-11-6-16/h1-4,9,14,16,18,22H,5-8,10-13,15H2,(H,23,26,27). The van der Waals surface area contributed by atoms with E-state index in [1.807, 2.05) is 12.1 Å². The van der Waals surface area contributed by atoms with Crippen molar-refractivity contribution in [3.8, 4) is 5.69 Å². The molecule has 0 spiro atoms. The Morgan fingerprint density at radius 1 is 0.926 bits per heavy atom. The molecule has 27 heavy (non-hydrogen) atoms. The van der Waals surface area contributed by atoms with Gasteiger partial charge >= 0.3 is 5.69 Å². The van der Waals surface area contributed by atoms with Gasteiger partial charge in [0.1, 0.15) is 0 Å². The topological polar surface area (TPSA) is 70.1 Å². The molecule has 0 saturated carbocycles. The minimum atomic E-state index is -0.401. The highest BCUT2D eigenvalue weighted by atomic mass is 16.2. The van der Waals surface area contributed by atoms with Crippen molar-refractivity contribution in [3.05, 3.63) is 62.9 Å². The van der Waals surface area contributed by atoms with Crippen molar-refractivity contribution in [2.24, 2.45) is 5.92 Å².